The molecule has 3 aromatic rings. The molecular formula is C18H20FN3O2S. The van der Waals surface area contributed by atoms with Crippen LogP contribution in [0.3, 0.4) is 0 Å². The van der Waals surface area contributed by atoms with E-state index in [9.17, 15) is 12.8 Å². The molecular weight excluding hydrogens is 341 g/mol. The van der Waals surface area contributed by atoms with Gasteiger partial charge < -0.3 is 10.7 Å². The Bertz CT molecular complexity index is 1010. The molecule has 2 aromatic carbocycles. The average molecular weight is 361 g/mol. The maximum absolute atomic E-state index is 13.8. The van der Waals surface area contributed by atoms with Crippen molar-refractivity contribution in [2.75, 3.05) is 7.05 Å². The van der Waals surface area contributed by atoms with Gasteiger partial charge >= 0.3 is 0 Å². The summed E-state index contributed by atoms with van der Waals surface area (Å²) in [5, 5.41) is 0. The predicted molar refractivity (Wildman–Crippen MR) is 94.7 cm³/mol. The van der Waals surface area contributed by atoms with Crippen LogP contribution in [0.4, 0.5) is 4.39 Å². The number of benzene rings is 2. The number of aromatic nitrogens is 2. The Balaban J connectivity index is 0.000000880. The average Bonchev–Trinajstić information content (AvgIpc) is 3.10. The highest BCUT2D eigenvalue weighted by atomic mass is 32.2. The zero-order chi connectivity index (χ0) is 18.0. The van der Waals surface area contributed by atoms with Gasteiger partial charge in [-0.25, -0.2) is 17.8 Å². The molecule has 0 amide bonds. The molecule has 3 N–H and O–H groups in total. The van der Waals surface area contributed by atoms with Gasteiger partial charge in [-0.15, -0.1) is 0 Å². The van der Waals surface area contributed by atoms with Crippen LogP contribution in [-0.2, 0) is 22.7 Å². The molecule has 1 aliphatic carbocycles. The van der Waals surface area contributed by atoms with Crippen molar-refractivity contribution in [3.05, 3.63) is 53.6 Å². The van der Waals surface area contributed by atoms with E-state index in [2.05, 4.69) is 15.7 Å². The number of imidazole rings is 1. The van der Waals surface area contributed by atoms with Crippen LogP contribution >= 0.6 is 0 Å². The molecule has 1 heterocycles. The number of nitrogens with one attached hydrogen (secondary N) is 1. The van der Waals surface area contributed by atoms with Crippen LogP contribution in [-0.4, -0.2) is 25.4 Å². The number of fused-ring (bicyclic) bond motifs is 2. The van der Waals surface area contributed by atoms with Crippen molar-refractivity contribution in [1.29, 1.82) is 0 Å². The largest absolute Gasteiger partial charge is 0.344 e. The SMILES string of the molecule is CN.O=S(=O)(c1ccc2c(c1)CCCC2)c1cc(F)cc2[nH]cnc12. The number of hydrogen-bond acceptors (Lipinski definition) is 4. The van der Waals surface area contributed by atoms with Crippen LogP contribution in [0.5, 0.6) is 0 Å². The van der Waals surface area contributed by atoms with E-state index in [0.29, 0.717) is 5.52 Å². The van der Waals surface area contributed by atoms with Gasteiger partial charge in [0.05, 0.1) is 16.7 Å². The van der Waals surface area contributed by atoms with Gasteiger partial charge in [0.2, 0.25) is 9.84 Å². The Labute approximate surface area is 146 Å². The standard InChI is InChI=1S/C17H15FN2O2S.CH5N/c18-13-8-15-17(20-10-19-15)16(9-13)23(21,22)14-6-5-11-3-1-2-4-12(11)7-14;1-2/h5-10H,1-4H2,(H,19,20);2H2,1H3. The second-order valence-corrected chi connectivity index (χ2v) is 7.76. The molecule has 0 unspecified atom stereocenters. The van der Waals surface area contributed by atoms with Crippen LogP contribution in [0, 0.1) is 5.82 Å². The normalized spacial score (nSPS) is 13.9. The van der Waals surface area contributed by atoms with Crippen molar-refractivity contribution in [2.45, 2.75) is 35.5 Å². The minimum Gasteiger partial charge on any atom is -0.344 e. The number of halogens is 1. The summed E-state index contributed by atoms with van der Waals surface area (Å²) in [5.74, 6) is -0.599. The molecule has 0 bridgehead atoms. The minimum atomic E-state index is -3.81. The highest BCUT2D eigenvalue weighted by Crippen LogP contribution is 2.30. The molecule has 0 spiro atoms. The predicted octanol–water partition coefficient (Wildman–Crippen LogP) is 2.99. The first-order chi connectivity index (χ1) is 12.1. The molecule has 7 heteroatoms. The summed E-state index contributed by atoms with van der Waals surface area (Å²) in [6, 6.07) is 7.50. The molecule has 132 valence electrons. The van der Waals surface area contributed by atoms with Crippen molar-refractivity contribution in [3.8, 4) is 0 Å². The number of nitrogens with zero attached hydrogens (tertiary/aromatic N) is 1. The van der Waals surface area contributed by atoms with Gasteiger partial charge in [0.15, 0.2) is 0 Å². The molecule has 1 aliphatic rings. The molecule has 0 atom stereocenters. The van der Waals surface area contributed by atoms with E-state index in [4.69, 9.17) is 0 Å². The number of sulfone groups is 1. The molecule has 0 radical (unpaired) electrons. The lowest BCUT2D eigenvalue weighted by atomic mass is 9.92. The minimum absolute atomic E-state index is 0.0930. The number of aromatic amines is 1. The molecule has 4 rings (SSSR count). The van der Waals surface area contributed by atoms with E-state index < -0.39 is 15.7 Å². The van der Waals surface area contributed by atoms with Crippen LogP contribution in [0.25, 0.3) is 11.0 Å². The van der Waals surface area contributed by atoms with E-state index in [1.165, 1.54) is 25.0 Å². The highest BCUT2D eigenvalue weighted by molar-refractivity contribution is 7.91. The third-order valence-electron chi connectivity index (χ3n) is 4.37. The van der Waals surface area contributed by atoms with Crippen LogP contribution in [0.15, 0.2) is 46.5 Å². The summed E-state index contributed by atoms with van der Waals surface area (Å²) in [4.78, 5) is 6.91. The molecule has 25 heavy (non-hydrogen) atoms. The van der Waals surface area contributed by atoms with Crippen molar-refractivity contribution < 1.29 is 12.8 Å². The fourth-order valence-electron chi connectivity index (χ4n) is 3.19. The summed E-state index contributed by atoms with van der Waals surface area (Å²) in [7, 11) is -2.31. The lowest BCUT2D eigenvalue weighted by molar-refractivity contribution is 0.591. The van der Waals surface area contributed by atoms with Crippen LogP contribution in [0.1, 0.15) is 24.0 Å². The van der Waals surface area contributed by atoms with Gasteiger partial charge in [0.25, 0.3) is 0 Å². The Morgan fingerprint density at radius 3 is 2.56 bits per heavy atom. The summed E-state index contributed by atoms with van der Waals surface area (Å²) >= 11 is 0. The molecule has 0 aliphatic heterocycles. The zero-order valence-corrected chi connectivity index (χ0v) is 14.7. The second-order valence-electron chi connectivity index (χ2n) is 5.84. The maximum atomic E-state index is 13.8. The number of aryl methyl sites for hydroxylation is 2. The van der Waals surface area contributed by atoms with Gasteiger partial charge in [-0.1, -0.05) is 6.07 Å². The first kappa shape index (κ1) is 17.6. The molecule has 5 nitrogen and oxygen atoms in total. The summed E-state index contributed by atoms with van der Waals surface area (Å²) in [6.07, 6.45) is 5.45. The van der Waals surface area contributed by atoms with Gasteiger partial charge in [-0.05, 0) is 68.1 Å². The van der Waals surface area contributed by atoms with Crippen molar-refractivity contribution in [3.63, 3.8) is 0 Å². The topological polar surface area (TPSA) is 88.8 Å². The monoisotopic (exact) mass is 361 g/mol. The van der Waals surface area contributed by atoms with E-state index in [1.54, 1.807) is 12.1 Å². The summed E-state index contributed by atoms with van der Waals surface area (Å²) < 4.78 is 39.7. The van der Waals surface area contributed by atoms with Crippen molar-refractivity contribution in [1.82, 2.24) is 9.97 Å². The van der Waals surface area contributed by atoms with Crippen molar-refractivity contribution >= 4 is 20.9 Å². The van der Waals surface area contributed by atoms with Gasteiger partial charge in [-0.2, -0.15) is 0 Å². The van der Waals surface area contributed by atoms with Crippen LogP contribution < -0.4 is 5.73 Å². The first-order valence-electron chi connectivity index (χ1n) is 8.13. The second kappa shape index (κ2) is 6.93. The Kier molecular flexibility index (Phi) is 4.87. The summed E-state index contributed by atoms with van der Waals surface area (Å²) in [6.45, 7) is 0. The first-order valence-corrected chi connectivity index (χ1v) is 9.61. The Morgan fingerprint density at radius 2 is 1.80 bits per heavy atom. The smallest absolute Gasteiger partial charge is 0.208 e. The number of hydrogen-bond donors (Lipinski definition) is 2. The van der Waals surface area contributed by atoms with E-state index in [-0.39, 0.29) is 15.3 Å². The van der Waals surface area contributed by atoms with Gasteiger partial charge in [-0.3, -0.25) is 0 Å². The fraction of sp³-hybridized carbons (Fsp3) is 0.278. The Hall–Kier alpha value is -2.25. The van der Waals surface area contributed by atoms with Crippen LogP contribution in [0.2, 0.25) is 0 Å². The van der Waals surface area contributed by atoms with Gasteiger partial charge in [0.1, 0.15) is 16.2 Å². The number of nitrogens with two attached hydrogens (primary N) is 1. The number of H-pyrrole nitrogens is 1. The zero-order valence-electron chi connectivity index (χ0n) is 13.9. The van der Waals surface area contributed by atoms with E-state index in [1.807, 2.05) is 6.07 Å². The highest BCUT2D eigenvalue weighted by Gasteiger charge is 2.24. The number of rotatable bonds is 2. The van der Waals surface area contributed by atoms with E-state index in [0.717, 1.165) is 37.3 Å². The lowest BCUT2D eigenvalue weighted by Crippen LogP contribution is -2.08. The molecule has 0 fully saturated rings. The third-order valence-corrected chi connectivity index (χ3v) is 6.14. The Morgan fingerprint density at radius 1 is 1.08 bits per heavy atom. The molecule has 0 saturated heterocycles. The summed E-state index contributed by atoms with van der Waals surface area (Å²) in [5.41, 5.74) is 7.43. The van der Waals surface area contributed by atoms with E-state index >= 15 is 0 Å². The quantitative estimate of drug-likeness (QED) is 0.734. The third kappa shape index (κ3) is 3.17. The molecule has 1 aromatic heterocycles. The lowest BCUT2D eigenvalue weighted by Gasteiger charge is -2.16. The van der Waals surface area contributed by atoms with Crippen molar-refractivity contribution in [2.24, 2.45) is 5.73 Å². The maximum Gasteiger partial charge on any atom is 0.208 e. The fourth-order valence-corrected chi connectivity index (χ4v) is 4.68. The molecule has 0 saturated carbocycles. The van der Waals surface area contributed by atoms with Gasteiger partial charge in [0, 0.05) is 0 Å².